The minimum atomic E-state index is -3.90. The number of nitrogens with zero attached hydrogens (tertiary/aromatic N) is 1. The first-order chi connectivity index (χ1) is 14.1. The predicted octanol–water partition coefficient (Wildman–Crippen LogP) is 3.50. The van der Waals surface area contributed by atoms with Crippen molar-refractivity contribution in [3.05, 3.63) is 77.6 Å². The smallest absolute Gasteiger partial charge is 0.238 e. The zero-order valence-electron chi connectivity index (χ0n) is 15.4. The number of nitrogens with two attached hydrogens (primary N) is 1. The van der Waals surface area contributed by atoms with Gasteiger partial charge in [-0.3, -0.25) is 0 Å². The molecule has 10 heteroatoms. The predicted molar refractivity (Wildman–Crippen MR) is 115 cm³/mol. The van der Waals surface area contributed by atoms with E-state index in [-0.39, 0.29) is 21.4 Å². The fourth-order valence-electron chi connectivity index (χ4n) is 3.15. The van der Waals surface area contributed by atoms with Gasteiger partial charge >= 0.3 is 0 Å². The molecular weight excluding hydrogens is 446 g/mol. The molecule has 3 aromatic carbocycles. The maximum Gasteiger partial charge on any atom is 0.238 e. The molecule has 30 heavy (non-hydrogen) atoms. The van der Waals surface area contributed by atoms with Crippen LogP contribution in [0, 0.1) is 0 Å². The number of aromatic amines is 1. The van der Waals surface area contributed by atoms with Crippen molar-refractivity contribution in [2.24, 2.45) is 5.14 Å². The Bertz CT molecular complexity index is 1460. The minimum absolute atomic E-state index is 0.00502. The number of benzene rings is 3. The van der Waals surface area contributed by atoms with E-state index >= 15 is 0 Å². The summed E-state index contributed by atoms with van der Waals surface area (Å²) in [6, 6.07) is 17.4. The van der Waals surface area contributed by atoms with E-state index in [2.05, 4.69) is 9.97 Å². The molecule has 0 saturated carbocycles. The van der Waals surface area contributed by atoms with Crippen LogP contribution in [0.4, 0.5) is 0 Å². The normalized spacial score (nSPS) is 12.3. The largest absolute Gasteiger partial charge is 0.341 e. The highest BCUT2D eigenvalue weighted by Gasteiger charge is 2.19. The van der Waals surface area contributed by atoms with Gasteiger partial charge in [-0.05, 0) is 48.0 Å². The summed E-state index contributed by atoms with van der Waals surface area (Å²) < 4.78 is 49.1. The number of imidazole rings is 1. The second-order valence-corrected chi connectivity index (χ2v) is 10.6. The van der Waals surface area contributed by atoms with Crippen LogP contribution in [0.3, 0.4) is 0 Å². The molecule has 0 bridgehead atoms. The molecule has 0 radical (unpaired) electrons. The number of aromatic nitrogens is 2. The standard InChI is InChI=1S/C20H16ClN3O4S2/c21-14-6-8-15(9-7-14)29(25,26)12-20-23-17-10-5-13(11-18(17)24-20)16-3-1-2-4-19(16)30(22,27)28/h1-11H,12H2,(H,23,24)(H2,22,27,28). The average molecular weight is 462 g/mol. The highest BCUT2D eigenvalue weighted by Crippen LogP contribution is 2.29. The van der Waals surface area contributed by atoms with E-state index in [4.69, 9.17) is 16.7 Å². The maximum atomic E-state index is 12.6. The second kappa shape index (κ2) is 7.51. The number of hydrogen-bond acceptors (Lipinski definition) is 5. The lowest BCUT2D eigenvalue weighted by atomic mass is 10.1. The quantitative estimate of drug-likeness (QED) is 0.470. The monoisotopic (exact) mass is 461 g/mol. The summed E-state index contributed by atoms with van der Waals surface area (Å²) in [5.41, 5.74) is 2.19. The third kappa shape index (κ3) is 4.10. The number of nitrogens with one attached hydrogen (secondary N) is 1. The van der Waals surface area contributed by atoms with Gasteiger partial charge in [0.05, 0.1) is 20.8 Å². The van der Waals surface area contributed by atoms with E-state index in [1.54, 1.807) is 36.4 Å². The number of halogens is 1. The fourth-order valence-corrected chi connectivity index (χ4v) is 5.25. The van der Waals surface area contributed by atoms with Gasteiger partial charge in [0.1, 0.15) is 11.6 Å². The molecule has 154 valence electrons. The van der Waals surface area contributed by atoms with Crippen LogP contribution in [0.2, 0.25) is 5.02 Å². The Labute approximate surface area is 178 Å². The number of fused-ring (bicyclic) bond motifs is 1. The molecule has 1 heterocycles. The molecule has 0 spiro atoms. The summed E-state index contributed by atoms with van der Waals surface area (Å²) in [4.78, 5) is 7.53. The molecule has 0 aliphatic heterocycles. The summed E-state index contributed by atoms with van der Waals surface area (Å²) in [6.45, 7) is 0. The fraction of sp³-hybridized carbons (Fsp3) is 0.0500. The van der Waals surface area contributed by atoms with E-state index < -0.39 is 19.9 Å². The molecule has 3 N–H and O–H groups in total. The van der Waals surface area contributed by atoms with Gasteiger partial charge in [-0.1, -0.05) is 35.9 Å². The van der Waals surface area contributed by atoms with Crippen LogP contribution < -0.4 is 5.14 Å². The first-order valence-electron chi connectivity index (χ1n) is 8.73. The van der Waals surface area contributed by atoms with Gasteiger partial charge in [-0.2, -0.15) is 0 Å². The number of primary sulfonamides is 1. The maximum absolute atomic E-state index is 12.6. The van der Waals surface area contributed by atoms with Gasteiger partial charge in [0, 0.05) is 10.6 Å². The molecule has 0 saturated heterocycles. The molecule has 0 aliphatic rings. The average Bonchev–Trinajstić information content (AvgIpc) is 3.08. The van der Waals surface area contributed by atoms with E-state index in [9.17, 15) is 16.8 Å². The molecular formula is C20H16ClN3O4S2. The van der Waals surface area contributed by atoms with Crippen molar-refractivity contribution in [1.82, 2.24) is 9.97 Å². The first kappa shape index (κ1) is 20.5. The highest BCUT2D eigenvalue weighted by molar-refractivity contribution is 7.90. The number of sulfonamides is 1. The Morgan fingerprint density at radius 3 is 2.33 bits per heavy atom. The third-order valence-electron chi connectivity index (χ3n) is 4.54. The molecule has 4 aromatic rings. The van der Waals surface area contributed by atoms with Crippen LogP contribution in [0.5, 0.6) is 0 Å². The lowest BCUT2D eigenvalue weighted by Crippen LogP contribution is -2.13. The Hall–Kier alpha value is -2.72. The topological polar surface area (TPSA) is 123 Å². The molecule has 0 unspecified atom stereocenters. The lowest BCUT2D eigenvalue weighted by molar-refractivity contribution is 0.593. The number of H-pyrrole nitrogens is 1. The summed E-state index contributed by atoms with van der Waals surface area (Å²) in [6.07, 6.45) is 0. The van der Waals surface area contributed by atoms with Gasteiger partial charge in [0.15, 0.2) is 9.84 Å². The Balaban J connectivity index is 1.71. The molecule has 4 rings (SSSR count). The molecule has 7 nitrogen and oxygen atoms in total. The van der Waals surface area contributed by atoms with Crippen molar-refractivity contribution in [3.63, 3.8) is 0 Å². The van der Waals surface area contributed by atoms with Gasteiger partial charge in [0.2, 0.25) is 10.0 Å². The minimum Gasteiger partial charge on any atom is -0.341 e. The summed E-state index contributed by atoms with van der Waals surface area (Å²) in [5.74, 6) is -0.0382. The van der Waals surface area contributed by atoms with Crippen molar-refractivity contribution >= 4 is 42.5 Å². The number of rotatable bonds is 5. The van der Waals surface area contributed by atoms with Crippen LogP contribution in [0.15, 0.2) is 76.5 Å². The second-order valence-electron chi connectivity index (χ2n) is 6.67. The van der Waals surface area contributed by atoms with E-state index in [1.807, 2.05) is 0 Å². The number of hydrogen-bond donors (Lipinski definition) is 2. The zero-order valence-corrected chi connectivity index (χ0v) is 17.8. The van der Waals surface area contributed by atoms with Crippen molar-refractivity contribution in [3.8, 4) is 11.1 Å². The van der Waals surface area contributed by atoms with Crippen molar-refractivity contribution in [2.45, 2.75) is 15.5 Å². The molecule has 0 fully saturated rings. The summed E-state index contributed by atoms with van der Waals surface area (Å²) in [7, 11) is -7.52. The third-order valence-corrected chi connectivity index (χ3v) is 7.40. The number of sulfone groups is 1. The van der Waals surface area contributed by atoms with Crippen LogP contribution in [-0.4, -0.2) is 26.8 Å². The van der Waals surface area contributed by atoms with Crippen LogP contribution in [0.25, 0.3) is 22.2 Å². The molecule has 0 aliphatic carbocycles. The van der Waals surface area contributed by atoms with E-state index in [0.717, 1.165) is 0 Å². The summed E-state index contributed by atoms with van der Waals surface area (Å²) in [5, 5.41) is 5.77. The van der Waals surface area contributed by atoms with Crippen LogP contribution in [-0.2, 0) is 25.6 Å². The molecule has 0 atom stereocenters. The van der Waals surface area contributed by atoms with Gasteiger partial charge in [-0.15, -0.1) is 0 Å². The van der Waals surface area contributed by atoms with Crippen molar-refractivity contribution < 1.29 is 16.8 Å². The van der Waals surface area contributed by atoms with E-state index in [0.29, 0.717) is 27.2 Å². The lowest BCUT2D eigenvalue weighted by Gasteiger charge is -2.07. The SMILES string of the molecule is NS(=O)(=O)c1ccccc1-c1ccc2[nH]c(CS(=O)(=O)c3ccc(Cl)cc3)nc2c1. The molecule has 1 aromatic heterocycles. The van der Waals surface area contributed by atoms with E-state index in [1.165, 1.54) is 30.3 Å². The van der Waals surface area contributed by atoms with Crippen molar-refractivity contribution in [2.75, 3.05) is 0 Å². The summed E-state index contributed by atoms with van der Waals surface area (Å²) >= 11 is 5.82. The Morgan fingerprint density at radius 1 is 0.933 bits per heavy atom. The van der Waals surface area contributed by atoms with Crippen LogP contribution in [0.1, 0.15) is 5.82 Å². The van der Waals surface area contributed by atoms with Gasteiger partial charge in [-0.25, -0.2) is 27.0 Å². The first-order valence-corrected chi connectivity index (χ1v) is 12.3. The zero-order chi connectivity index (χ0) is 21.5. The van der Waals surface area contributed by atoms with Gasteiger partial charge < -0.3 is 4.98 Å². The van der Waals surface area contributed by atoms with Crippen molar-refractivity contribution in [1.29, 1.82) is 0 Å². The highest BCUT2D eigenvalue weighted by atomic mass is 35.5. The Morgan fingerprint density at radius 2 is 1.63 bits per heavy atom. The molecule has 0 amide bonds. The van der Waals surface area contributed by atoms with Gasteiger partial charge in [0.25, 0.3) is 0 Å². The van der Waals surface area contributed by atoms with Crippen LogP contribution >= 0.6 is 11.6 Å². The Kier molecular flexibility index (Phi) is 5.15.